The normalized spacial score (nSPS) is 17.0. The van der Waals surface area contributed by atoms with Crippen LogP contribution in [0.1, 0.15) is 16.9 Å². The van der Waals surface area contributed by atoms with Crippen molar-refractivity contribution in [1.82, 2.24) is 9.88 Å². The predicted octanol–water partition coefficient (Wildman–Crippen LogP) is 2.27. The van der Waals surface area contributed by atoms with Crippen LogP contribution in [0.25, 0.3) is 10.6 Å². The van der Waals surface area contributed by atoms with Gasteiger partial charge in [-0.1, -0.05) is 12.1 Å². The van der Waals surface area contributed by atoms with Crippen molar-refractivity contribution in [2.75, 3.05) is 13.1 Å². The first-order valence-corrected chi connectivity index (χ1v) is 8.06. The molecular formula is C15H13N3O5S. The average molecular weight is 347 g/mol. The molecule has 1 aromatic carbocycles. The third-order valence-electron chi connectivity index (χ3n) is 3.85. The molecule has 1 unspecified atom stereocenters. The quantitative estimate of drug-likeness (QED) is 0.670. The fraction of sp³-hybridized carbons (Fsp3) is 0.267. The number of carbonyl (C=O) groups excluding carboxylic acids is 1. The number of amides is 1. The van der Waals surface area contributed by atoms with Crippen LogP contribution >= 0.6 is 11.3 Å². The molecule has 9 heteroatoms. The van der Waals surface area contributed by atoms with E-state index in [0.717, 1.165) is 0 Å². The SMILES string of the molecule is O=C(O)C1CCN(C(=O)c2csc(-c3cccc([N+](=O)[O-])c3)n2)C1. The van der Waals surface area contributed by atoms with Crippen molar-refractivity contribution in [1.29, 1.82) is 0 Å². The van der Waals surface area contributed by atoms with Crippen LogP contribution in [0.4, 0.5) is 5.69 Å². The van der Waals surface area contributed by atoms with Crippen LogP contribution < -0.4 is 0 Å². The van der Waals surface area contributed by atoms with Crippen molar-refractivity contribution in [2.45, 2.75) is 6.42 Å². The van der Waals surface area contributed by atoms with Gasteiger partial charge in [0.2, 0.25) is 0 Å². The zero-order valence-corrected chi connectivity index (χ0v) is 13.2. The van der Waals surface area contributed by atoms with Gasteiger partial charge >= 0.3 is 5.97 Å². The van der Waals surface area contributed by atoms with E-state index in [2.05, 4.69) is 4.98 Å². The second-order valence-corrected chi connectivity index (χ2v) is 6.28. The molecule has 1 aromatic heterocycles. The summed E-state index contributed by atoms with van der Waals surface area (Å²) < 4.78 is 0. The Hall–Kier alpha value is -2.81. The lowest BCUT2D eigenvalue weighted by Gasteiger charge is -2.13. The summed E-state index contributed by atoms with van der Waals surface area (Å²) in [5.41, 5.74) is 0.755. The van der Waals surface area contributed by atoms with Crippen LogP contribution in [0, 0.1) is 16.0 Å². The molecule has 0 aliphatic carbocycles. The van der Waals surface area contributed by atoms with Crippen molar-refractivity contribution in [3.8, 4) is 10.6 Å². The van der Waals surface area contributed by atoms with Crippen molar-refractivity contribution in [3.63, 3.8) is 0 Å². The van der Waals surface area contributed by atoms with Crippen LogP contribution in [-0.2, 0) is 4.79 Å². The standard InChI is InChI=1S/C15H13N3O5S/c19-14(17-5-4-10(7-17)15(20)21)12-8-24-13(16-12)9-2-1-3-11(6-9)18(22)23/h1-3,6,8,10H,4-5,7H2,(H,20,21). The molecule has 1 saturated heterocycles. The smallest absolute Gasteiger partial charge is 0.308 e. The van der Waals surface area contributed by atoms with Crippen molar-refractivity contribution < 1.29 is 19.6 Å². The van der Waals surface area contributed by atoms with E-state index < -0.39 is 16.8 Å². The van der Waals surface area contributed by atoms with Crippen molar-refractivity contribution in [3.05, 3.63) is 45.5 Å². The van der Waals surface area contributed by atoms with Gasteiger partial charge in [-0.3, -0.25) is 19.7 Å². The maximum atomic E-state index is 12.4. The number of nitro benzene ring substituents is 1. The van der Waals surface area contributed by atoms with Gasteiger partial charge in [0.1, 0.15) is 10.7 Å². The number of carbonyl (C=O) groups is 2. The molecule has 124 valence electrons. The lowest BCUT2D eigenvalue weighted by molar-refractivity contribution is -0.384. The number of aromatic nitrogens is 1. The summed E-state index contributed by atoms with van der Waals surface area (Å²) in [4.78, 5) is 39.5. The van der Waals surface area contributed by atoms with E-state index >= 15 is 0 Å². The highest BCUT2D eigenvalue weighted by Crippen LogP contribution is 2.28. The van der Waals surface area contributed by atoms with Crippen LogP contribution in [0.2, 0.25) is 0 Å². The van der Waals surface area contributed by atoms with Gasteiger partial charge in [0.25, 0.3) is 11.6 Å². The summed E-state index contributed by atoms with van der Waals surface area (Å²) in [5.74, 6) is -1.75. The molecule has 0 spiro atoms. The Bertz CT molecular complexity index is 819. The van der Waals surface area contributed by atoms with Crippen LogP contribution in [0.15, 0.2) is 29.6 Å². The van der Waals surface area contributed by atoms with Crippen LogP contribution in [-0.4, -0.2) is 44.9 Å². The maximum absolute atomic E-state index is 12.4. The Labute approximate surface area is 140 Å². The minimum Gasteiger partial charge on any atom is -0.481 e. The van der Waals surface area contributed by atoms with Gasteiger partial charge in [-0.05, 0) is 6.42 Å². The summed E-state index contributed by atoms with van der Waals surface area (Å²) in [6, 6.07) is 6.05. The van der Waals surface area contributed by atoms with Gasteiger partial charge in [0, 0.05) is 36.2 Å². The Balaban J connectivity index is 1.78. The Morgan fingerprint density at radius 2 is 2.21 bits per heavy atom. The molecule has 0 saturated carbocycles. The average Bonchev–Trinajstić information content (AvgIpc) is 3.24. The number of aliphatic carboxylic acids is 1. The number of hydrogen-bond acceptors (Lipinski definition) is 6. The first-order valence-electron chi connectivity index (χ1n) is 7.18. The molecule has 2 aromatic rings. The molecule has 24 heavy (non-hydrogen) atoms. The lowest BCUT2D eigenvalue weighted by atomic mass is 10.1. The first kappa shape index (κ1) is 16.1. The van der Waals surface area contributed by atoms with Crippen molar-refractivity contribution in [2.24, 2.45) is 5.92 Å². The second kappa shape index (κ2) is 6.36. The molecule has 8 nitrogen and oxygen atoms in total. The van der Waals surface area contributed by atoms with E-state index in [1.54, 1.807) is 17.5 Å². The van der Waals surface area contributed by atoms with Gasteiger partial charge in [0.15, 0.2) is 0 Å². The molecule has 1 aliphatic rings. The lowest BCUT2D eigenvalue weighted by Crippen LogP contribution is -2.30. The van der Waals surface area contributed by atoms with Gasteiger partial charge in [-0.15, -0.1) is 11.3 Å². The highest BCUT2D eigenvalue weighted by molar-refractivity contribution is 7.13. The largest absolute Gasteiger partial charge is 0.481 e. The number of benzene rings is 1. The summed E-state index contributed by atoms with van der Waals surface area (Å²) in [6.45, 7) is 0.567. The number of hydrogen-bond donors (Lipinski definition) is 1. The van der Waals surface area contributed by atoms with Crippen LogP contribution in [0.3, 0.4) is 0 Å². The van der Waals surface area contributed by atoms with E-state index in [9.17, 15) is 19.7 Å². The molecule has 1 N–H and O–H groups in total. The molecular weight excluding hydrogens is 334 g/mol. The minimum atomic E-state index is -0.902. The van der Waals surface area contributed by atoms with E-state index in [1.807, 2.05) is 0 Å². The van der Waals surface area contributed by atoms with E-state index in [-0.39, 0.29) is 23.8 Å². The fourth-order valence-corrected chi connectivity index (χ4v) is 3.36. The molecule has 1 fully saturated rings. The second-order valence-electron chi connectivity index (χ2n) is 5.42. The van der Waals surface area contributed by atoms with Gasteiger partial charge in [0.05, 0.1) is 10.8 Å². The Morgan fingerprint density at radius 1 is 1.42 bits per heavy atom. The number of nitro groups is 1. The summed E-state index contributed by atoms with van der Waals surface area (Å²) in [5, 5.41) is 21.9. The topological polar surface area (TPSA) is 114 Å². The Morgan fingerprint density at radius 3 is 2.88 bits per heavy atom. The van der Waals surface area contributed by atoms with Gasteiger partial charge in [-0.2, -0.15) is 0 Å². The number of likely N-dealkylation sites (tertiary alicyclic amines) is 1. The number of rotatable bonds is 4. The number of non-ortho nitro benzene ring substituents is 1. The van der Waals surface area contributed by atoms with Crippen molar-refractivity contribution >= 4 is 28.9 Å². The molecule has 1 aliphatic heterocycles. The summed E-state index contributed by atoms with van der Waals surface area (Å²) in [6.07, 6.45) is 0.433. The van der Waals surface area contributed by atoms with Gasteiger partial charge in [-0.25, -0.2) is 4.98 Å². The molecule has 1 amide bonds. The van der Waals surface area contributed by atoms with E-state index in [0.29, 0.717) is 23.5 Å². The zero-order valence-electron chi connectivity index (χ0n) is 12.4. The Kier molecular flexibility index (Phi) is 4.26. The number of nitrogens with zero attached hydrogens (tertiary/aromatic N) is 3. The fourth-order valence-electron chi connectivity index (χ4n) is 2.57. The third-order valence-corrected chi connectivity index (χ3v) is 4.74. The van der Waals surface area contributed by atoms with Crippen LogP contribution in [0.5, 0.6) is 0 Å². The molecule has 0 radical (unpaired) electrons. The molecule has 3 rings (SSSR count). The summed E-state index contributed by atoms with van der Waals surface area (Å²) >= 11 is 1.22. The van der Waals surface area contributed by atoms with E-state index in [4.69, 9.17) is 5.11 Å². The van der Waals surface area contributed by atoms with Gasteiger partial charge < -0.3 is 10.0 Å². The number of carboxylic acids is 1. The summed E-state index contributed by atoms with van der Waals surface area (Å²) in [7, 11) is 0. The van der Waals surface area contributed by atoms with E-state index in [1.165, 1.54) is 28.4 Å². The predicted molar refractivity (Wildman–Crippen MR) is 85.9 cm³/mol. The molecule has 1 atom stereocenters. The highest BCUT2D eigenvalue weighted by Gasteiger charge is 2.32. The first-order chi connectivity index (χ1) is 11.5. The number of thiazole rings is 1. The minimum absolute atomic E-state index is 0.0422. The number of carboxylic acid groups (broad SMARTS) is 1. The molecule has 2 heterocycles. The maximum Gasteiger partial charge on any atom is 0.308 e. The monoisotopic (exact) mass is 347 g/mol. The highest BCUT2D eigenvalue weighted by atomic mass is 32.1. The zero-order chi connectivity index (χ0) is 17.3. The third kappa shape index (κ3) is 3.11. The molecule has 0 bridgehead atoms.